The van der Waals surface area contributed by atoms with E-state index in [4.69, 9.17) is 23.2 Å². The Hall–Kier alpha value is -0.830. The molecule has 1 amide bonds. The fourth-order valence-corrected chi connectivity index (χ4v) is 3.78. The van der Waals surface area contributed by atoms with Gasteiger partial charge in [0.05, 0.1) is 19.3 Å². The van der Waals surface area contributed by atoms with Crippen LogP contribution in [0.3, 0.4) is 0 Å². The third-order valence-electron chi connectivity index (χ3n) is 4.56. The lowest BCUT2D eigenvalue weighted by Crippen LogP contribution is -2.48. The fourth-order valence-electron chi connectivity index (χ4n) is 3.03. The van der Waals surface area contributed by atoms with Gasteiger partial charge in [0.15, 0.2) is 0 Å². The van der Waals surface area contributed by atoms with Gasteiger partial charge in [-0.05, 0) is 47.2 Å². The van der Waals surface area contributed by atoms with Crippen LogP contribution >= 0.6 is 45.8 Å². The zero-order chi connectivity index (χ0) is 18.7. The smallest absolute Gasteiger partial charge is 0.224 e. The highest BCUT2D eigenvalue weighted by Gasteiger charge is 2.21. The summed E-state index contributed by atoms with van der Waals surface area (Å²) < 4.78 is 2.99. The minimum absolute atomic E-state index is 0.197. The molecule has 140 valence electrons. The first-order chi connectivity index (χ1) is 12.4. The van der Waals surface area contributed by atoms with E-state index in [2.05, 4.69) is 32.6 Å². The number of piperazine rings is 1. The normalized spacial score (nSPS) is 15.5. The molecular formula is C18H21Cl2IN4O. The lowest BCUT2D eigenvalue weighted by Gasteiger charge is -2.34. The largest absolute Gasteiger partial charge is 0.340 e. The van der Waals surface area contributed by atoms with Crippen LogP contribution in [0.25, 0.3) is 0 Å². The first kappa shape index (κ1) is 19.9. The Morgan fingerprint density at radius 2 is 1.92 bits per heavy atom. The maximum Gasteiger partial charge on any atom is 0.224 e. The van der Waals surface area contributed by atoms with Crippen molar-refractivity contribution in [3.05, 3.63) is 49.3 Å². The highest BCUT2D eigenvalue weighted by atomic mass is 127. The Balaban J connectivity index is 1.45. The van der Waals surface area contributed by atoms with Crippen LogP contribution in [-0.2, 0) is 17.9 Å². The number of rotatable bonds is 5. The maximum absolute atomic E-state index is 12.4. The fraction of sp³-hybridized carbons (Fsp3) is 0.444. The summed E-state index contributed by atoms with van der Waals surface area (Å²) in [7, 11) is 0. The van der Waals surface area contributed by atoms with E-state index in [0.717, 1.165) is 47.6 Å². The predicted molar refractivity (Wildman–Crippen MR) is 113 cm³/mol. The van der Waals surface area contributed by atoms with Crippen molar-refractivity contribution >= 4 is 51.7 Å². The van der Waals surface area contributed by atoms with Crippen molar-refractivity contribution in [3.63, 3.8) is 0 Å². The molecule has 0 bridgehead atoms. The number of hydrogen-bond donors (Lipinski definition) is 0. The molecule has 3 rings (SSSR count). The molecule has 1 aromatic heterocycles. The van der Waals surface area contributed by atoms with Crippen molar-refractivity contribution in [3.8, 4) is 0 Å². The second kappa shape index (κ2) is 8.91. The van der Waals surface area contributed by atoms with Gasteiger partial charge in [0.2, 0.25) is 5.91 Å². The highest BCUT2D eigenvalue weighted by molar-refractivity contribution is 14.1. The number of aryl methyl sites for hydroxylation is 2. The van der Waals surface area contributed by atoms with Crippen LogP contribution in [0.5, 0.6) is 0 Å². The molecule has 8 heteroatoms. The Morgan fingerprint density at radius 3 is 2.54 bits per heavy atom. The molecule has 2 heterocycles. The van der Waals surface area contributed by atoms with E-state index in [9.17, 15) is 4.79 Å². The summed E-state index contributed by atoms with van der Waals surface area (Å²) >= 11 is 14.3. The lowest BCUT2D eigenvalue weighted by atomic mass is 10.2. The Kier molecular flexibility index (Phi) is 6.82. The minimum atomic E-state index is 0.197. The topological polar surface area (TPSA) is 41.4 Å². The molecule has 26 heavy (non-hydrogen) atoms. The van der Waals surface area contributed by atoms with Gasteiger partial charge < -0.3 is 4.90 Å². The second-order valence-electron chi connectivity index (χ2n) is 6.48. The van der Waals surface area contributed by atoms with Crippen LogP contribution in [0, 0.1) is 10.5 Å². The molecule has 1 fully saturated rings. The van der Waals surface area contributed by atoms with Crippen molar-refractivity contribution in [1.29, 1.82) is 0 Å². The summed E-state index contributed by atoms with van der Waals surface area (Å²) in [5, 5.41) is 5.57. The molecule has 1 saturated heterocycles. The van der Waals surface area contributed by atoms with Gasteiger partial charge in [-0.1, -0.05) is 29.3 Å². The molecule has 0 spiro atoms. The van der Waals surface area contributed by atoms with Gasteiger partial charge in [0.25, 0.3) is 0 Å². The molecule has 1 aliphatic rings. The van der Waals surface area contributed by atoms with Crippen molar-refractivity contribution < 1.29 is 4.79 Å². The van der Waals surface area contributed by atoms with E-state index < -0.39 is 0 Å². The Bertz CT molecular complexity index is 768. The number of carbonyl (C=O) groups excluding carboxylic acids is 1. The van der Waals surface area contributed by atoms with Crippen LogP contribution in [0.1, 0.15) is 17.7 Å². The van der Waals surface area contributed by atoms with Crippen molar-refractivity contribution in [2.45, 2.75) is 26.4 Å². The van der Waals surface area contributed by atoms with E-state index in [-0.39, 0.29) is 5.91 Å². The first-order valence-electron chi connectivity index (χ1n) is 8.56. The average molecular weight is 507 g/mol. The maximum atomic E-state index is 12.4. The zero-order valence-electron chi connectivity index (χ0n) is 14.6. The van der Waals surface area contributed by atoms with Crippen LogP contribution in [0.15, 0.2) is 24.4 Å². The molecule has 0 atom stereocenters. The number of halogens is 3. The van der Waals surface area contributed by atoms with Crippen LogP contribution in [0.4, 0.5) is 0 Å². The molecule has 1 aromatic carbocycles. The summed E-state index contributed by atoms with van der Waals surface area (Å²) in [6.07, 6.45) is 2.47. The monoisotopic (exact) mass is 506 g/mol. The van der Waals surface area contributed by atoms with E-state index in [1.165, 1.54) is 0 Å². The van der Waals surface area contributed by atoms with Gasteiger partial charge in [-0.15, -0.1) is 0 Å². The number of nitrogens with zero attached hydrogens (tertiary/aromatic N) is 4. The highest BCUT2D eigenvalue weighted by Crippen LogP contribution is 2.23. The lowest BCUT2D eigenvalue weighted by molar-refractivity contribution is -0.133. The molecule has 0 unspecified atom stereocenters. The molecule has 0 N–H and O–H groups in total. The third-order valence-corrected chi connectivity index (χ3v) is 6.35. The van der Waals surface area contributed by atoms with Gasteiger partial charge in [-0.2, -0.15) is 5.10 Å². The number of hydrogen-bond acceptors (Lipinski definition) is 3. The van der Waals surface area contributed by atoms with Crippen molar-refractivity contribution in [2.75, 3.05) is 26.2 Å². The van der Waals surface area contributed by atoms with E-state index in [1.54, 1.807) is 0 Å². The molecule has 0 saturated carbocycles. The van der Waals surface area contributed by atoms with Gasteiger partial charge >= 0.3 is 0 Å². The summed E-state index contributed by atoms with van der Waals surface area (Å²) in [6.45, 7) is 6.68. The van der Waals surface area contributed by atoms with Gasteiger partial charge in [-0.3, -0.25) is 14.4 Å². The molecule has 1 aliphatic heterocycles. The minimum Gasteiger partial charge on any atom is -0.340 e. The number of amides is 1. The van der Waals surface area contributed by atoms with Crippen molar-refractivity contribution in [1.82, 2.24) is 19.6 Å². The van der Waals surface area contributed by atoms with Crippen LogP contribution in [0.2, 0.25) is 10.0 Å². The van der Waals surface area contributed by atoms with Gasteiger partial charge in [-0.25, -0.2) is 0 Å². The Morgan fingerprint density at radius 1 is 1.19 bits per heavy atom. The number of benzene rings is 1. The SMILES string of the molecule is Cc1nn(CCC(=O)N2CCN(Cc3ccc(Cl)c(Cl)c3)CC2)cc1I. The summed E-state index contributed by atoms with van der Waals surface area (Å²) in [4.78, 5) is 16.7. The quantitative estimate of drug-likeness (QED) is 0.578. The number of carbonyl (C=O) groups is 1. The standard InChI is InChI=1S/C18H21Cl2IN4O/c1-13-17(21)12-25(22-13)5-4-18(26)24-8-6-23(7-9-24)11-14-2-3-15(19)16(20)10-14/h2-3,10,12H,4-9,11H2,1H3. The summed E-state index contributed by atoms with van der Waals surface area (Å²) in [5.74, 6) is 0.197. The average Bonchev–Trinajstić information content (AvgIpc) is 2.95. The third kappa shape index (κ3) is 5.12. The van der Waals surface area contributed by atoms with Gasteiger partial charge in [0, 0.05) is 51.9 Å². The number of aromatic nitrogens is 2. The molecular weight excluding hydrogens is 486 g/mol. The molecule has 0 aliphatic carbocycles. The van der Waals surface area contributed by atoms with E-state index >= 15 is 0 Å². The zero-order valence-corrected chi connectivity index (χ0v) is 18.3. The molecule has 2 aromatic rings. The van der Waals surface area contributed by atoms with Crippen LogP contribution in [-0.4, -0.2) is 51.7 Å². The predicted octanol–water partition coefficient (Wildman–Crippen LogP) is 3.84. The molecule has 0 radical (unpaired) electrons. The van der Waals surface area contributed by atoms with Crippen LogP contribution < -0.4 is 0 Å². The van der Waals surface area contributed by atoms with Gasteiger partial charge in [0.1, 0.15) is 0 Å². The molecule has 5 nitrogen and oxygen atoms in total. The Labute approximate surface area is 177 Å². The summed E-state index contributed by atoms with van der Waals surface area (Å²) in [6, 6.07) is 5.74. The first-order valence-corrected chi connectivity index (χ1v) is 10.4. The van der Waals surface area contributed by atoms with Crippen molar-refractivity contribution in [2.24, 2.45) is 0 Å². The second-order valence-corrected chi connectivity index (χ2v) is 8.46. The summed E-state index contributed by atoms with van der Waals surface area (Å²) in [5.41, 5.74) is 2.15. The van der Waals surface area contributed by atoms with E-state index in [0.29, 0.717) is 23.0 Å². The van der Waals surface area contributed by atoms with E-state index in [1.807, 2.05) is 40.9 Å².